The number of ether oxygens (including phenoxy) is 1. The first-order valence-electron chi connectivity index (χ1n) is 11.6. The lowest BCUT2D eigenvalue weighted by molar-refractivity contribution is -0.156. The van der Waals surface area contributed by atoms with Gasteiger partial charge in [-0.25, -0.2) is 9.59 Å². The standard InChI is InChI=1S/C26H30N2O6/c1-26(33,24(30)31)15-28-23(29)17-12-6-7-16(17)13-27-25(32)34-14-22-20-10-4-2-8-18(20)19-9-3-5-11-21(19)22/h2-5,8-11,16-17,22,33H,6-7,12-15H2,1H3,(H,27,32)(H,28,29)(H,30,31). The zero-order valence-electron chi connectivity index (χ0n) is 19.1. The zero-order chi connectivity index (χ0) is 24.3. The number of nitrogens with one attached hydrogen (secondary N) is 2. The van der Waals surface area contributed by atoms with Crippen LogP contribution in [0.25, 0.3) is 11.1 Å². The van der Waals surface area contributed by atoms with E-state index in [2.05, 4.69) is 34.9 Å². The predicted octanol–water partition coefficient (Wildman–Crippen LogP) is 2.89. The van der Waals surface area contributed by atoms with Crippen LogP contribution in [0.2, 0.25) is 0 Å². The molecule has 2 aliphatic rings. The number of carbonyl (C=O) groups is 3. The van der Waals surface area contributed by atoms with Gasteiger partial charge in [0.15, 0.2) is 5.60 Å². The van der Waals surface area contributed by atoms with Crippen molar-refractivity contribution in [3.05, 3.63) is 59.7 Å². The Morgan fingerprint density at radius 2 is 1.62 bits per heavy atom. The first-order chi connectivity index (χ1) is 16.3. The molecule has 0 radical (unpaired) electrons. The molecule has 0 aliphatic heterocycles. The van der Waals surface area contributed by atoms with E-state index < -0.39 is 17.7 Å². The molecule has 2 amide bonds. The average molecular weight is 467 g/mol. The topological polar surface area (TPSA) is 125 Å². The molecule has 3 unspecified atom stereocenters. The summed E-state index contributed by atoms with van der Waals surface area (Å²) >= 11 is 0. The van der Waals surface area contributed by atoms with Crippen LogP contribution < -0.4 is 10.6 Å². The highest BCUT2D eigenvalue weighted by Crippen LogP contribution is 2.44. The summed E-state index contributed by atoms with van der Waals surface area (Å²) < 4.78 is 5.56. The Balaban J connectivity index is 1.29. The van der Waals surface area contributed by atoms with Gasteiger partial charge >= 0.3 is 12.1 Å². The first kappa shape index (κ1) is 23.8. The summed E-state index contributed by atoms with van der Waals surface area (Å²) in [5, 5.41) is 24.1. The number of alkyl carbamates (subject to hydrolysis) is 1. The second kappa shape index (κ2) is 9.85. The van der Waals surface area contributed by atoms with Crippen molar-refractivity contribution in [3.8, 4) is 11.1 Å². The van der Waals surface area contributed by atoms with Crippen LogP contribution in [0.1, 0.15) is 43.2 Å². The average Bonchev–Trinajstić information content (AvgIpc) is 3.42. The van der Waals surface area contributed by atoms with E-state index in [4.69, 9.17) is 9.84 Å². The van der Waals surface area contributed by atoms with Crippen molar-refractivity contribution in [1.82, 2.24) is 10.6 Å². The number of fused-ring (bicyclic) bond motifs is 3. The summed E-state index contributed by atoms with van der Waals surface area (Å²) in [4.78, 5) is 36.0. The Bertz CT molecular complexity index is 1040. The SMILES string of the molecule is CC(O)(CNC(=O)C1CCCC1CNC(=O)OCC1c2ccccc2-c2ccccc21)C(=O)O. The molecule has 1 fully saturated rings. The Morgan fingerprint density at radius 3 is 2.24 bits per heavy atom. The van der Waals surface area contributed by atoms with Crippen molar-refractivity contribution >= 4 is 18.0 Å². The smallest absolute Gasteiger partial charge is 0.407 e. The number of hydrogen-bond acceptors (Lipinski definition) is 5. The molecule has 8 nitrogen and oxygen atoms in total. The predicted molar refractivity (Wildman–Crippen MR) is 125 cm³/mol. The van der Waals surface area contributed by atoms with Crippen LogP contribution in [-0.4, -0.2) is 53.5 Å². The maximum absolute atomic E-state index is 12.5. The van der Waals surface area contributed by atoms with Crippen molar-refractivity contribution < 1.29 is 29.3 Å². The number of aliphatic hydroxyl groups is 1. The third-order valence-electron chi connectivity index (χ3n) is 6.92. The number of carbonyl (C=O) groups excluding carboxylic acids is 2. The second-order valence-corrected chi connectivity index (χ2v) is 9.30. The minimum Gasteiger partial charge on any atom is -0.479 e. The van der Waals surface area contributed by atoms with Crippen molar-refractivity contribution in [2.24, 2.45) is 11.8 Å². The van der Waals surface area contributed by atoms with Gasteiger partial charge in [0.25, 0.3) is 0 Å². The summed E-state index contributed by atoms with van der Waals surface area (Å²) in [6.07, 6.45) is 1.74. The normalized spacial score (nSPS) is 20.6. The molecule has 2 aromatic rings. The molecule has 34 heavy (non-hydrogen) atoms. The van der Waals surface area contributed by atoms with E-state index in [1.165, 1.54) is 0 Å². The van der Waals surface area contributed by atoms with Crippen LogP contribution in [0, 0.1) is 11.8 Å². The molecular formula is C26H30N2O6. The molecular weight excluding hydrogens is 436 g/mol. The summed E-state index contributed by atoms with van der Waals surface area (Å²) in [6, 6.07) is 16.3. The molecule has 0 aromatic heterocycles. The van der Waals surface area contributed by atoms with Crippen LogP contribution in [0.15, 0.2) is 48.5 Å². The van der Waals surface area contributed by atoms with Crippen LogP contribution in [0.5, 0.6) is 0 Å². The minimum atomic E-state index is -2.02. The number of benzene rings is 2. The zero-order valence-corrected chi connectivity index (χ0v) is 19.1. The van der Waals surface area contributed by atoms with E-state index in [9.17, 15) is 19.5 Å². The molecule has 4 N–H and O–H groups in total. The van der Waals surface area contributed by atoms with Gasteiger partial charge in [0.1, 0.15) is 6.61 Å². The highest BCUT2D eigenvalue weighted by molar-refractivity contribution is 5.82. The van der Waals surface area contributed by atoms with Gasteiger partial charge in [-0.05, 0) is 47.9 Å². The van der Waals surface area contributed by atoms with Gasteiger partial charge in [-0.1, -0.05) is 55.0 Å². The van der Waals surface area contributed by atoms with Gasteiger partial charge in [-0.15, -0.1) is 0 Å². The first-order valence-corrected chi connectivity index (χ1v) is 11.6. The molecule has 2 aliphatic carbocycles. The van der Waals surface area contributed by atoms with Crippen molar-refractivity contribution in [1.29, 1.82) is 0 Å². The van der Waals surface area contributed by atoms with Gasteiger partial charge in [-0.2, -0.15) is 0 Å². The van der Waals surface area contributed by atoms with Crippen LogP contribution >= 0.6 is 0 Å². The number of aliphatic carboxylic acids is 1. The van der Waals surface area contributed by atoms with E-state index in [1.54, 1.807) is 0 Å². The van der Waals surface area contributed by atoms with Crippen LogP contribution in [-0.2, 0) is 14.3 Å². The number of amides is 2. The molecule has 0 saturated heterocycles. The quantitative estimate of drug-likeness (QED) is 0.474. The number of carboxylic acid groups (broad SMARTS) is 1. The molecule has 3 atom stereocenters. The Morgan fingerprint density at radius 1 is 1.00 bits per heavy atom. The lowest BCUT2D eigenvalue weighted by atomic mass is 9.94. The maximum Gasteiger partial charge on any atom is 0.407 e. The van der Waals surface area contributed by atoms with E-state index in [1.807, 2.05) is 24.3 Å². The Kier molecular flexibility index (Phi) is 6.88. The lowest BCUT2D eigenvalue weighted by Crippen LogP contribution is -2.48. The fourth-order valence-corrected chi connectivity index (χ4v) is 4.96. The van der Waals surface area contributed by atoms with E-state index in [0.29, 0.717) is 13.0 Å². The van der Waals surface area contributed by atoms with Crippen molar-refractivity contribution in [2.45, 2.75) is 37.7 Å². The molecule has 8 heteroatoms. The molecule has 0 heterocycles. The number of rotatable bonds is 8. The monoisotopic (exact) mass is 466 g/mol. The number of carboxylic acids is 1. The fourth-order valence-electron chi connectivity index (χ4n) is 4.96. The number of hydrogen-bond donors (Lipinski definition) is 4. The summed E-state index contributed by atoms with van der Waals surface area (Å²) in [6.45, 7) is 1.29. The highest BCUT2D eigenvalue weighted by Gasteiger charge is 2.36. The Labute approximate surface area is 198 Å². The molecule has 0 bridgehead atoms. The molecule has 2 aromatic carbocycles. The van der Waals surface area contributed by atoms with Gasteiger partial charge in [0.2, 0.25) is 5.91 Å². The molecule has 0 spiro atoms. The van der Waals surface area contributed by atoms with E-state index in [0.717, 1.165) is 42.0 Å². The Hall–Kier alpha value is -3.39. The summed E-state index contributed by atoms with van der Waals surface area (Å²) in [5.74, 6) is -2.15. The van der Waals surface area contributed by atoms with Gasteiger partial charge in [0, 0.05) is 18.4 Å². The minimum absolute atomic E-state index is 0.0230. The third-order valence-corrected chi connectivity index (χ3v) is 6.92. The van der Waals surface area contributed by atoms with Gasteiger partial charge in [0.05, 0.1) is 6.54 Å². The fraction of sp³-hybridized carbons (Fsp3) is 0.423. The second-order valence-electron chi connectivity index (χ2n) is 9.30. The van der Waals surface area contributed by atoms with Gasteiger partial charge < -0.3 is 25.6 Å². The van der Waals surface area contributed by atoms with Gasteiger partial charge in [-0.3, -0.25) is 4.79 Å². The van der Waals surface area contributed by atoms with E-state index in [-0.39, 0.29) is 36.8 Å². The van der Waals surface area contributed by atoms with Crippen LogP contribution in [0.4, 0.5) is 4.79 Å². The highest BCUT2D eigenvalue weighted by atomic mass is 16.5. The molecule has 180 valence electrons. The van der Waals surface area contributed by atoms with E-state index >= 15 is 0 Å². The maximum atomic E-state index is 12.5. The van der Waals surface area contributed by atoms with Crippen molar-refractivity contribution in [2.75, 3.05) is 19.7 Å². The lowest BCUT2D eigenvalue weighted by Gasteiger charge is -2.23. The molecule has 4 rings (SSSR count). The third kappa shape index (κ3) is 4.92. The summed E-state index contributed by atoms with van der Waals surface area (Å²) in [5.41, 5.74) is 2.58. The summed E-state index contributed by atoms with van der Waals surface area (Å²) in [7, 11) is 0. The van der Waals surface area contributed by atoms with Crippen LogP contribution in [0.3, 0.4) is 0 Å². The molecule has 1 saturated carbocycles. The largest absolute Gasteiger partial charge is 0.479 e. The van der Waals surface area contributed by atoms with Crippen molar-refractivity contribution in [3.63, 3.8) is 0 Å².